The van der Waals surface area contributed by atoms with E-state index in [-0.39, 0.29) is 5.92 Å². The summed E-state index contributed by atoms with van der Waals surface area (Å²) in [6.07, 6.45) is -0.717. The number of carbonyl (C=O) groups excluding carboxylic acids is 2. The largest absolute Gasteiger partial charge is 0.447 e. The van der Waals surface area contributed by atoms with Gasteiger partial charge in [-0.1, -0.05) is 13.8 Å². The molecule has 4 N–H and O–H groups in total. The van der Waals surface area contributed by atoms with Gasteiger partial charge in [-0.25, -0.2) is 19.4 Å². The van der Waals surface area contributed by atoms with Crippen LogP contribution in [0.2, 0.25) is 0 Å². The minimum Gasteiger partial charge on any atom is -0.332 e. The first kappa shape index (κ1) is 11.7. The first-order valence-electron chi connectivity index (χ1n) is 3.87. The molecule has 0 spiro atoms. The van der Waals surface area contributed by atoms with Gasteiger partial charge in [-0.3, -0.25) is 0 Å². The zero-order valence-electron chi connectivity index (χ0n) is 7.65. The lowest BCUT2D eigenvalue weighted by molar-refractivity contribution is -0.232. The Balaban J connectivity index is 3.76. The molecule has 0 fully saturated rings. The molecule has 0 radical (unpaired) electrons. The van der Waals surface area contributed by atoms with E-state index in [4.69, 9.17) is 5.73 Å². The smallest absolute Gasteiger partial charge is 0.332 e. The number of nitrogens with two attached hydrogens (primary N) is 2. The summed E-state index contributed by atoms with van der Waals surface area (Å²) in [6.45, 7) is 3.81. The van der Waals surface area contributed by atoms with Crippen LogP contribution in [0.5, 0.6) is 0 Å². The fourth-order valence-corrected chi connectivity index (χ4v) is 0.748. The second-order valence-corrected chi connectivity index (χ2v) is 3.04. The molecule has 0 aliphatic heterocycles. The molecule has 0 aliphatic carbocycles. The van der Waals surface area contributed by atoms with E-state index in [0.717, 1.165) is 0 Å². The van der Waals surface area contributed by atoms with E-state index < -0.39 is 18.1 Å². The second-order valence-electron chi connectivity index (χ2n) is 3.04. The van der Waals surface area contributed by atoms with Crippen molar-refractivity contribution in [2.75, 3.05) is 0 Å². The number of carbonyl (C=O) groups is 2. The molecule has 76 valence electrons. The number of hydrogen-bond donors (Lipinski definition) is 2. The van der Waals surface area contributed by atoms with Crippen molar-refractivity contribution in [3.63, 3.8) is 0 Å². The Bertz CT molecular complexity index is 193. The molecule has 1 unspecified atom stereocenters. The zero-order valence-corrected chi connectivity index (χ0v) is 7.65. The van der Waals surface area contributed by atoms with Crippen LogP contribution in [0.15, 0.2) is 0 Å². The highest BCUT2D eigenvalue weighted by atomic mass is 17.2. The lowest BCUT2D eigenvalue weighted by Gasteiger charge is -2.10. The Morgan fingerprint density at radius 3 is 2.23 bits per heavy atom. The van der Waals surface area contributed by atoms with Gasteiger partial charge in [0.25, 0.3) is 0 Å². The SMILES string of the molecule is CC(C)CC(N)C(=O)OOC(N)=O. The third-order valence-electron chi connectivity index (χ3n) is 1.23. The lowest BCUT2D eigenvalue weighted by atomic mass is 10.1. The van der Waals surface area contributed by atoms with Crippen molar-refractivity contribution in [1.82, 2.24) is 0 Å². The lowest BCUT2D eigenvalue weighted by Crippen LogP contribution is -2.34. The molecule has 6 nitrogen and oxygen atoms in total. The van der Waals surface area contributed by atoms with Crippen LogP contribution < -0.4 is 11.5 Å². The van der Waals surface area contributed by atoms with Crippen LogP contribution in [0.3, 0.4) is 0 Å². The second kappa shape index (κ2) is 5.36. The number of rotatable bonds is 3. The summed E-state index contributed by atoms with van der Waals surface area (Å²) in [7, 11) is 0. The van der Waals surface area contributed by atoms with Crippen molar-refractivity contribution >= 4 is 12.1 Å². The van der Waals surface area contributed by atoms with Gasteiger partial charge in [0, 0.05) is 0 Å². The number of primary amides is 1. The van der Waals surface area contributed by atoms with Gasteiger partial charge in [0.05, 0.1) is 0 Å². The first-order chi connectivity index (χ1) is 5.93. The summed E-state index contributed by atoms with van der Waals surface area (Å²) in [5, 5.41) is 0. The summed E-state index contributed by atoms with van der Waals surface area (Å²) in [5.41, 5.74) is 9.96. The predicted molar refractivity (Wildman–Crippen MR) is 44.2 cm³/mol. The van der Waals surface area contributed by atoms with Crippen molar-refractivity contribution in [3.8, 4) is 0 Å². The van der Waals surface area contributed by atoms with Crippen molar-refractivity contribution in [1.29, 1.82) is 0 Å². The highest BCUT2D eigenvalue weighted by molar-refractivity contribution is 5.76. The Kier molecular flexibility index (Phi) is 4.83. The van der Waals surface area contributed by atoms with Gasteiger partial charge in [-0.15, -0.1) is 0 Å². The normalized spacial score (nSPS) is 12.3. The van der Waals surface area contributed by atoms with Gasteiger partial charge in [-0.2, -0.15) is 0 Å². The average Bonchev–Trinajstić information content (AvgIpc) is 1.98. The molecule has 0 aromatic heterocycles. The molecule has 0 saturated heterocycles. The van der Waals surface area contributed by atoms with Gasteiger partial charge in [0.15, 0.2) is 0 Å². The van der Waals surface area contributed by atoms with Crippen LogP contribution in [-0.2, 0) is 14.6 Å². The highest BCUT2D eigenvalue weighted by Crippen LogP contribution is 2.03. The molecule has 0 rings (SSSR count). The molecule has 1 atom stereocenters. The van der Waals surface area contributed by atoms with Crippen LogP contribution in [-0.4, -0.2) is 18.1 Å². The van der Waals surface area contributed by atoms with Gasteiger partial charge in [0.1, 0.15) is 6.04 Å². The van der Waals surface area contributed by atoms with E-state index >= 15 is 0 Å². The van der Waals surface area contributed by atoms with Crippen LogP contribution in [0.1, 0.15) is 20.3 Å². The van der Waals surface area contributed by atoms with E-state index in [1.165, 1.54) is 0 Å². The van der Waals surface area contributed by atoms with E-state index in [1.54, 1.807) is 0 Å². The van der Waals surface area contributed by atoms with Crippen molar-refractivity contribution in [3.05, 3.63) is 0 Å². The molecule has 1 amide bonds. The minimum atomic E-state index is -1.18. The highest BCUT2D eigenvalue weighted by Gasteiger charge is 2.18. The predicted octanol–water partition coefficient (Wildman–Crippen LogP) is -0.0867. The van der Waals surface area contributed by atoms with Crippen molar-refractivity contribution in [2.45, 2.75) is 26.3 Å². The Morgan fingerprint density at radius 2 is 1.85 bits per heavy atom. The van der Waals surface area contributed by atoms with E-state index in [1.807, 2.05) is 13.8 Å². The molecule has 0 aromatic rings. The fraction of sp³-hybridized carbons (Fsp3) is 0.714. The molecular weight excluding hydrogens is 176 g/mol. The van der Waals surface area contributed by atoms with Crippen LogP contribution in [0.25, 0.3) is 0 Å². The van der Waals surface area contributed by atoms with E-state index in [9.17, 15) is 9.59 Å². The maximum absolute atomic E-state index is 10.9. The number of hydrogen-bond acceptors (Lipinski definition) is 5. The standard InChI is InChI=1S/C7H14N2O4/c1-4(2)3-5(8)6(10)12-13-7(9)11/h4-5H,3,8H2,1-2H3,(H2,9,11). The molecule has 0 aromatic carbocycles. The van der Waals surface area contributed by atoms with Crippen LogP contribution in [0, 0.1) is 5.92 Å². The van der Waals surface area contributed by atoms with Gasteiger partial charge in [0.2, 0.25) is 0 Å². The van der Waals surface area contributed by atoms with Gasteiger partial charge >= 0.3 is 12.1 Å². The first-order valence-corrected chi connectivity index (χ1v) is 3.87. The third kappa shape index (κ3) is 5.92. The Morgan fingerprint density at radius 1 is 1.31 bits per heavy atom. The quantitative estimate of drug-likeness (QED) is 0.478. The zero-order chi connectivity index (χ0) is 10.4. The Labute approximate surface area is 76.1 Å². The summed E-state index contributed by atoms with van der Waals surface area (Å²) in [4.78, 5) is 28.8. The van der Waals surface area contributed by atoms with Crippen LogP contribution >= 0.6 is 0 Å². The van der Waals surface area contributed by atoms with E-state index in [2.05, 4.69) is 15.5 Å². The Hall–Kier alpha value is -1.30. The monoisotopic (exact) mass is 190 g/mol. The summed E-state index contributed by atoms with van der Waals surface area (Å²) in [6, 6.07) is -0.792. The van der Waals surface area contributed by atoms with Crippen molar-refractivity contribution in [2.24, 2.45) is 17.4 Å². The maximum Gasteiger partial charge on any atom is 0.447 e. The minimum absolute atomic E-state index is 0.260. The molecule has 13 heavy (non-hydrogen) atoms. The van der Waals surface area contributed by atoms with Gasteiger partial charge < -0.3 is 11.5 Å². The fourth-order valence-electron chi connectivity index (χ4n) is 0.748. The average molecular weight is 190 g/mol. The molecule has 6 heteroatoms. The molecule has 0 saturated carbocycles. The van der Waals surface area contributed by atoms with Crippen molar-refractivity contribution < 1.29 is 19.4 Å². The summed E-state index contributed by atoms with van der Waals surface area (Å²) >= 11 is 0. The number of amides is 1. The van der Waals surface area contributed by atoms with E-state index in [0.29, 0.717) is 6.42 Å². The van der Waals surface area contributed by atoms with Gasteiger partial charge in [-0.05, 0) is 12.3 Å². The van der Waals surface area contributed by atoms with Crippen LogP contribution in [0.4, 0.5) is 4.79 Å². The molecule has 0 bridgehead atoms. The molecule has 0 aliphatic rings. The molecule has 0 heterocycles. The topological polar surface area (TPSA) is 105 Å². The summed E-state index contributed by atoms with van der Waals surface area (Å²) < 4.78 is 0. The maximum atomic E-state index is 10.9. The summed E-state index contributed by atoms with van der Waals surface area (Å²) in [5.74, 6) is -0.538. The third-order valence-corrected chi connectivity index (χ3v) is 1.23. The molecular formula is C7H14N2O4.